The Morgan fingerprint density at radius 1 is 1.10 bits per heavy atom. The Bertz CT molecular complexity index is 627. The number of amides is 1. The van der Waals surface area contributed by atoms with Gasteiger partial charge in [0.15, 0.2) is 0 Å². The maximum absolute atomic E-state index is 12.3. The molecule has 1 amide bonds. The molecule has 1 aromatic heterocycles. The fraction of sp³-hybridized carbons (Fsp3) is 0.267. The molecule has 0 aliphatic carbocycles. The minimum atomic E-state index is -0.0677. The molecule has 0 saturated carbocycles. The Balaban J connectivity index is 1.66. The van der Waals surface area contributed by atoms with Crippen LogP contribution in [-0.4, -0.2) is 47.0 Å². The van der Waals surface area contributed by atoms with Gasteiger partial charge in [0.1, 0.15) is 5.69 Å². The van der Waals surface area contributed by atoms with Gasteiger partial charge in [-0.15, -0.1) is 0 Å². The summed E-state index contributed by atoms with van der Waals surface area (Å²) < 4.78 is 0. The molecular weight excluding hydrogens is 288 g/mol. The van der Waals surface area contributed by atoms with E-state index in [-0.39, 0.29) is 5.91 Å². The van der Waals surface area contributed by atoms with Gasteiger partial charge in [-0.05, 0) is 12.1 Å². The second-order valence-electron chi connectivity index (χ2n) is 4.82. The van der Waals surface area contributed by atoms with Crippen molar-refractivity contribution < 1.29 is 4.79 Å². The van der Waals surface area contributed by atoms with Crippen LogP contribution < -0.4 is 4.90 Å². The summed E-state index contributed by atoms with van der Waals surface area (Å²) in [5.74, 6) is -0.0677. The van der Waals surface area contributed by atoms with Crippen molar-refractivity contribution in [1.82, 2.24) is 14.9 Å². The molecule has 0 radical (unpaired) electrons. The third-order valence-electron chi connectivity index (χ3n) is 3.54. The van der Waals surface area contributed by atoms with Gasteiger partial charge >= 0.3 is 0 Å². The highest BCUT2D eigenvalue weighted by molar-refractivity contribution is 6.33. The normalized spacial score (nSPS) is 15.1. The summed E-state index contributed by atoms with van der Waals surface area (Å²) >= 11 is 6.21. The Labute approximate surface area is 128 Å². The molecule has 0 unspecified atom stereocenters. The molecule has 0 N–H and O–H groups in total. The fourth-order valence-corrected chi connectivity index (χ4v) is 2.69. The van der Waals surface area contributed by atoms with Crippen molar-refractivity contribution in [1.29, 1.82) is 0 Å². The van der Waals surface area contributed by atoms with E-state index in [0.29, 0.717) is 18.8 Å². The van der Waals surface area contributed by atoms with Crippen molar-refractivity contribution in [3.63, 3.8) is 0 Å². The van der Waals surface area contributed by atoms with E-state index < -0.39 is 0 Å². The van der Waals surface area contributed by atoms with E-state index >= 15 is 0 Å². The van der Waals surface area contributed by atoms with Crippen molar-refractivity contribution in [2.24, 2.45) is 0 Å². The molecule has 3 rings (SSSR count). The standard InChI is InChI=1S/C15H15ClN4O/c16-12-3-1-2-4-14(12)19-7-9-20(10-8-19)15(21)13-11-17-5-6-18-13/h1-6,11H,7-10H2. The zero-order chi connectivity index (χ0) is 14.7. The van der Waals surface area contributed by atoms with Crippen LogP contribution in [0.3, 0.4) is 0 Å². The highest BCUT2D eigenvalue weighted by Crippen LogP contribution is 2.26. The minimum absolute atomic E-state index is 0.0677. The molecule has 0 bridgehead atoms. The number of rotatable bonds is 2. The van der Waals surface area contributed by atoms with E-state index in [4.69, 9.17) is 11.6 Å². The zero-order valence-electron chi connectivity index (χ0n) is 11.4. The predicted octanol–water partition coefficient (Wildman–Crippen LogP) is 2.09. The molecule has 0 spiro atoms. The Morgan fingerprint density at radius 2 is 1.86 bits per heavy atom. The molecule has 0 atom stereocenters. The van der Waals surface area contributed by atoms with Gasteiger partial charge in [0, 0.05) is 38.6 Å². The Kier molecular flexibility index (Phi) is 4.01. The minimum Gasteiger partial charge on any atom is -0.367 e. The highest BCUT2D eigenvalue weighted by Gasteiger charge is 2.23. The number of piperazine rings is 1. The summed E-state index contributed by atoms with van der Waals surface area (Å²) in [6, 6.07) is 7.77. The van der Waals surface area contributed by atoms with E-state index in [1.165, 1.54) is 12.4 Å². The number of aromatic nitrogens is 2. The lowest BCUT2D eigenvalue weighted by atomic mass is 10.2. The number of hydrogen-bond donors (Lipinski definition) is 0. The third-order valence-corrected chi connectivity index (χ3v) is 3.86. The molecule has 2 aromatic rings. The molecule has 21 heavy (non-hydrogen) atoms. The van der Waals surface area contributed by atoms with Gasteiger partial charge in [0.05, 0.1) is 16.9 Å². The van der Waals surface area contributed by atoms with Gasteiger partial charge in [-0.2, -0.15) is 0 Å². The van der Waals surface area contributed by atoms with E-state index in [1.807, 2.05) is 24.3 Å². The molecule has 1 aromatic carbocycles. The second-order valence-corrected chi connectivity index (χ2v) is 5.23. The lowest BCUT2D eigenvalue weighted by molar-refractivity contribution is 0.0740. The van der Waals surface area contributed by atoms with E-state index in [9.17, 15) is 4.79 Å². The predicted molar refractivity (Wildman–Crippen MR) is 81.6 cm³/mol. The summed E-state index contributed by atoms with van der Waals surface area (Å²) in [4.78, 5) is 24.3. The monoisotopic (exact) mass is 302 g/mol. The van der Waals surface area contributed by atoms with Crippen molar-refractivity contribution in [2.45, 2.75) is 0 Å². The molecule has 5 nitrogen and oxygen atoms in total. The second kappa shape index (κ2) is 6.10. The van der Waals surface area contributed by atoms with Crippen LogP contribution in [0.1, 0.15) is 10.5 Å². The SMILES string of the molecule is O=C(c1cnccn1)N1CCN(c2ccccc2Cl)CC1. The smallest absolute Gasteiger partial charge is 0.274 e. The number of nitrogens with zero attached hydrogens (tertiary/aromatic N) is 4. The molecule has 2 heterocycles. The maximum Gasteiger partial charge on any atom is 0.274 e. The molecular formula is C15H15ClN4O. The van der Waals surface area contributed by atoms with Gasteiger partial charge in [-0.3, -0.25) is 9.78 Å². The summed E-state index contributed by atoms with van der Waals surface area (Å²) in [7, 11) is 0. The van der Waals surface area contributed by atoms with Gasteiger partial charge in [0.2, 0.25) is 0 Å². The average molecular weight is 303 g/mol. The first-order valence-electron chi connectivity index (χ1n) is 6.80. The molecule has 1 aliphatic rings. The molecule has 108 valence electrons. The number of anilines is 1. The van der Waals surface area contributed by atoms with Gasteiger partial charge in [0.25, 0.3) is 5.91 Å². The molecule has 6 heteroatoms. The number of hydrogen-bond acceptors (Lipinski definition) is 4. The lowest BCUT2D eigenvalue weighted by Gasteiger charge is -2.36. The average Bonchev–Trinajstić information content (AvgIpc) is 2.56. The van der Waals surface area contributed by atoms with Gasteiger partial charge in [-0.1, -0.05) is 23.7 Å². The van der Waals surface area contributed by atoms with Crippen molar-refractivity contribution in [2.75, 3.05) is 31.1 Å². The third kappa shape index (κ3) is 2.97. The number of carbonyl (C=O) groups is 1. The van der Waals surface area contributed by atoms with Crippen LogP contribution in [0.25, 0.3) is 0 Å². The van der Waals surface area contributed by atoms with Gasteiger partial charge in [-0.25, -0.2) is 4.98 Å². The van der Waals surface area contributed by atoms with E-state index in [0.717, 1.165) is 23.8 Å². The topological polar surface area (TPSA) is 49.3 Å². The van der Waals surface area contributed by atoms with Crippen LogP contribution in [0.2, 0.25) is 5.02 Å². The van der Waals surface area contributed by atoms with Crippen LogP contribution in [0, 0.1) is 0 Å². The number of para-hydroxylation sites is 1. The van der Waals surface area contributed by atoms with Crippen molar-refractivity contribution in [3.8, 4) is 0 Å². The van der Waals surface area contributed by atoms with Crippen molar-refractivity contribution >= 4 is 23.2 Å². The molecule has 1 aliphatic heterocycles. The zero-order valence-corrected chi connectivity index (χ0v) is 12.2. The summed E-state index contributed by atoms with van der Waals surface area (Å²) in [5.41, 5.74) is 1.41. The van der Waals surface area contributed by atoms with Crippen molar-refractivity contribution in [3.05, 3.63) is 53.6 Å². The number of benzene rings is 1. The summed E-state index contributed by atoms with van der Waals surface area (Å²) in [6.07, 6.45) is 4.60. The van der Waals surface area contributed by atoms with Crippen LogP contribution in [0.15, 0.2) is 42.9 Å². The lowest BCUT2D eigenvalue weighted by Crippen LogP contribution is -2.49. The summed E-state index contributed by atoms with van der Waals surface area (Å²) in [5, 5.41) is 0.742. The first-order valence-corrected chi connectivity index (χ1v) is 7.18. The molecule has 1 fully saturated rings. The van der Waals surface area contributed by atoms with Crippen LogP contribution in [0.4, 0.5) is 5.69 Å². The van der Waals surface area contributed by atoms with Crippen LogP contribution in [0.5, 0.6) is 0 Å². The first-order chi connectivity index (χ1) is 10.3. The van der Waals surface area contributed by atoms with Crippen LogP contribution in [-0.2, 0) is 0 Å². The van der Waals surface area contributed by atoms with E-state index in [1.54, 1.807) is 11.1 Å². The highest BCUT2D eigenvalue weighted by atomic mass is 35.5. The maximum atomic E-state index is 12.3. The largest absolute Gasteiger partial charge is 0.367 e. The molecule has 1 saturated heterocycles. The first kappa shape index (κ1) is 13.8. The number of halogens is 1. The quantitative estimate of drug-likeness (QED) is 0.852. The Hall–Kier alpha value is -2.14. The van der Waals surface area contributed by atoms with Gasteiger partial charge < -0.3 is 9.80 Å². The Morgan fingerprint density at radius 3 is 2.52 bits per heavy atom. The van der Waals surface area contributed by atoms with Crippen LogP contribution >= 0.6 is 11.6 Å². The fourth-order valence-electron chi connectivity index (χ4n) is 2.43. The summed E-state index contributed by atoms with van der Waals surface area (Å²) in [6.45, 7) is 2.83. The number of carbonyl (C=O) groups excluding carboxylic acids is 1. The van der Waals surface area contributed by atoms with E-state index in [2.05, 4.69) is 14.9 Å².